The maximum absolute atomic E-state index is 10.2. The lowest BCUT2D eigenvalue weighted by atomic mass is 10.2. The molecular formula is C6H9O4. The summed E-state index contributed by atoms with van der Waals surface area (Å²) in [5.74, 6) is 0.235. The van der Waals surface area contributed by atoms with Crippen molar-refractivity contribution in [2.24, 2.45) is 5.92 Å². The maximum atomic E-state index is 10.2. The fourth-order valence-electron chi connectivity index (χ4n) is 0.298. The molecule has 0 aromatic carbocycles. The predicted molar refractivity (Wildman–Crippen MR) is 33.0 cm³/mol. The summed E-state index contributed by atoms with van der Waals surface area (Å²) in [6.07, 6.45) is -0.997. The average Bonchev–Trinajstić information content (AvgIpc) is 1.85. The lowest BCUT2D eigenvalue weighted by Crippen LogP contribution is -2.10. The van der Waals surface area contributed by atoms with Crippen molar-refractivity contribution in [3.8, 4) is 0 Å². The van der Waals surface area contributed by atoms with Crippen molar-refractivity contribution in [1.82, 2.24) is 0 Å². The largest absolute Gasteiger partial charge is 0.516 e. The van der Waals surface area contributed by atoms with Crippen molar-refractivity contribution in [3.63, 3.8) is 0 Å². The molecule has 0 spiro atoms. The highest BCUT2D eigenvalue weighted by atomic mass is 16.7. The van der Waals surface area contributed by atoms with Crippen molar-refractivity contribution in [2.75, 3.05) is 6.61 Å². The normalized spacial score (nSPS) is 9.10. The van der Waals surface area contributed by atoms with Gasteiger partial charge < -0.3 is 9.47 Å². The summed E-state index contributed by atoms with van der Waals surface area (Å²) >= 11 is 0. The molecule has 0 amide bonds. The zero-order valence-electron chi connectivity index (χ0n) is 5.92. The molecule has 0 aliphatic heterocycles. The third kappa shape index (κ3) is 5.08. The van der Waals surface area contributed by atoms with E-state index in [9.17, 15) is 9.59 Å². The fourth-order valence-corrected chi connectivity index (χ4v) is 0.298. The van der Waals surface area contributed by atoms with E-state index in [1.807, 2.05) is 13.8 Å². The highest BCUT2D eigenvalue weighted by Gasteiger charge is 2.03. The molecule has 0 aliphatic carbocycles. The number of hydrogen-bond acceptors (Lipinski definition) is 4. The molecule has 0 rings (SSSR count). The lowest BCUT2D eigenvalue weighted by molar-refractivity contribution is 0.0838. The molecule has 0 heterocycles. The van der Waals surface area contributed by atoms with Gasteiger partial charge in [-0.05, 0) is 5.92 Å². The second kappa shape index (κ2) is 4.78. The van der Waals surface area contributed by atoms with Crippen molar-refractivity contribution >= 4 is 12.6 Å². The van der Waals surface area contributed by atoms with E-state index in [1.165, 1.54) is 0 Å². The Kier molecular flexibility index (Phi) is 4.28. The predicted octanol–water partition coefficient (Wildman–Crippen LogP) is 0.863. The molecule has 0 bridgehead atoms. The molecule has 0 aromatic heterocycles. The highest BCUT2D eigenvalue weighted by Crippen LogP contribution is 1.93. The van der Waals surface area contributed by atoms with Gasteiger partial charge in [0, 0.05) is 0 Å². The molecule has 0 fully saturated rings. The number of ether oxygens (including phenoxy) is 2. The van der Waals surface area contributed by atoms with Crippen LogP contribution in [0.3, 0.4) is 0 Å². The topological polar surface area (TPSA) is 52.6 Å². The Morgan fingerprint density at radius 1 is 1.60 bits per heavy atom. The summed E-state index contributed by atoms with van der Waals surface area (Å²) < 4.78 is 8.15. The van der Waals surface area contributed by atoms with Gasteiger partial charge in [-0.15, -0.1) is 0 Å². The molecular weight excluding hydrogens is 136 g/mol. The molecule has 10 heavy (non-hydrogen) atoms. The lowest BCUT2D eigenvalue weighted by Gasteiger charge is -2.02. The summed E-state index contributed by atoms with van der Waals surface area (Å²) in [4.78, 5) is 19.7. The zero-order chi connectivity index (χ0) is 7.98. The number of carbonyl (C=O) groups excluding carboxylic acids is 2. The van der Waals surface area contributed by atoms with Gasteiger partial charge in [0.1, 0.15) is 0 Å². The molecule has 0 N–H and O–H groups in total. The van der Waals surface area contributed by atoms with E-state index in [0.717, 1.165) is 6.47 Å². The van der Waals surface area contributed by atoms with Crippen molar-refractivity contribution in [3.05, 3.63) is 0 Å². The SMILES string of the molecule is CC(C)COC(=O)O[C]=O. The first-order valence-electron chi connectivity index (χ1n) is 2.87. The molecule has 0 saturated carbocycles. The molecule has 4 nitrogen and oxygen atoms in total. The Balaban J connectivity index is 3.30. The smallest absolute Gasteiger partial charge is 0.434 e. The van der Waals surface area contributed by atoms with Crippen LogP contribution in [0.4, 0.5) is 4.79 Å². The van der Waals surface area contributed by atoms with E-state index >= 15 is 0 Å². The molecule has 0 unspecified atom stereocenters. The summed E-state index contributed by atoms with van der Waals surface area (Å²) in [5, 5.41) is 0. The minimum Gasteiger partial charge on any atom is -0.434 e. The van der Waals surface area contributed by atoms with E-state index < -0.39 is 6.16 Å². The highest BCUT2D eigenvalue weighted by molar-refractivity contribution is 5.69. The molecule has 1 radical (unpaired) electrons. The van der Waals surface area contributed by atoms with Gasteiger partial charge in [0.15, 0.2) is 0 Å². The van der Waals surface area contributed by atoms with Crippen LogP contribution in [0, 0.1) is 5.92 Å². The summed E-state index contributed by atoms with van der Waals surface area (Å²) in [5.41, 5.74) is 0. The number of carbonyl (C=O) groups is 1. The second-order valence-electron chi connectivity index (χ2n) is 2.14. The average molecular weight is 145 g/mol. The van der Waals surface area contributed by atoms with Gasteiger partial charge in [0.05, 0.1) is 6.61 Å². The summed E-state index contributed by atoms with van der Waals surface area (Å²) in [6.45, 7) is 4.96. The van der Waals surface area contributed by atoms with Crippen molar-refractivity contribution < 1.29 is 19.1 Å². The Hall–Kier alpha value is -1.06. The van der Waals surface area contributed by atoms with E-state index in [2.05, 4.69) is 9.47 Å². The van der Waals surface area contributed by atoms with Crippen LogP contribution in [-0.4, -0.2) is 19.2 Å². The van der Waals surface area contributed by atoms with Crippen LogP contribution < -0.4 is 0 Å². The van der Waals surface area contributed by atoms with Crippen LogP contribution >= 0.6 is 0 Å². The first-order valence-corrected chi connectivity index (χ1v) is 2.87. The monoisotopic (exact) mass is 145 g/mol. The minimum absolute atomic E-state index is 0.235. The Morgan fingerprint density at radius 3 is 2.60 bits per heavy atom. The second-order valence-corrected chi connectivity index (χ2v) is 2.14. The Morgan fingerprint density at radius 2 is 2.20 bits per heavy atom. The van der Waals surface area contributed by atoms with Gasteiger partial charge in [-0.1, -0.05) is 13.8 Å². The summed E-state index contributed by atoms with van der Waals surface area (Å²) in [6, 6.07) is 0. The van der Waals surface area contributed by atoms with Crippen LogP contribution in [0.5, 0.6) is 0 Å². The molecule has 4 heteroatoms. The van der Waals surface area contributed by atoms with Gasteiger partial charge in [-0.2, -0.15) is 0 Å². The van der Waals surface area contributed by atoms with Gasteiger partial charge >= 0.3 is 12.6 Å². The maximum Gasteiger partial charge on any atom is 0.516 e. The Bertz CT molecular complexity index is 119. The van der Waals surface area contributed by atoms with Crippen molar-refractivity contribution in [1.29, 1.82) is 0 Å². The van der Waals surface area contributed by atoms with Crippen LogP contribution in [0.2, 0.25) is 0 Å². The van der Waals surface area contributed by atoms with Crippen molar-refractivity contribution in [2.45, 2.75) is 13.8 Å². The molecule has 0 atom stereocenters. The van der Waals surface area contributed by atoms with Crippen LogP contribution in [-0.2, 0) is 14.3 Å². The van der Waals surface area contributed by atoms with Crippen LogP contribution in [0.1, 0.15) is 13.8 Å². The first kappa shape index (κ1) is 8.94. The number of hydrogen-bond donors (Lipinski definition) is 0. The summed E-state index contributed by atoms with van der Waals surface area (Å²) in [7, 11) is 0. The van der Waals surface area contributed by atoms with E-state index in [4.69, 9.17) is 0 Å². The number of rotatable bonds is 3. The van der Waals surface area contributed by atoms with Gasteiger partial charge in [0.2, 0.25) is 0 Å². The van der Waals surface area contributed by atoms with E-state index in [-0.39, 0.29) is 12.5 Å². The Labute approximate surface area is 59.1 Å². The molecule has 0 saturated heterocycles. The standard InChI is InChI=1S/C6H9O4/c1-5(2)3-9-6(8)10-4-7/h5H,3H2,1-2H3. The third-order valence-electron chi connectivity index (χ3n) is 0.660. The molecule has 0 aliphatic rings. The third-order valence-corrected chi connectivity index (χ3v) is 0.660. The van der Waals surface area contributed by atoms with Crippen LogP contribution in [0.25, 0.3) is 0 Å². The van der Waals surface area contributed by atoms with E-state index in [1.54, 1.807) is 0 Å². The minimum atomic E-state index is -0.997. The fraction of sp³-hybridized carbons (Fsp3) is 0.667. The van der Waals surface area contributed by atoms with Gasteiger partial charge in [-0.25, -0.2) is 9.59 Å². The van der Waals surface area contributed by atoms with E-state index in [0.29, 0.717) is 0 Å². The molecule has 57 valence electrons. The van der Waals surface area contributed by atoms with Gasteiger partial charge in [-0.3, -0.25) is 0 Å². The van der Waals surface area contributed by atoms with Gasteiger partial charge in [0.25, 0.3) is 0 Å². The first-order chi connectivity index (χ1) is 4.66. The molecule has 0 aromatic rings. The zero-order valence-corrected chi connectivity index (χ0v) is 5.92. The quantitative estimate of drug-likeness (QED) is 0.436. The van der Waals surface area contributed by atoms with Crippen LogP contribution in [0.15, 0.2) is 0 Å².